The smallest absolute Gasteiger partial charge is 0.255 e. The van der Waals surface area contributed by atoms with E-state index in [9.17, 15) is 9.18 Å². The molecule has 2 unspecified atom stereocenters. The van der Waals surface area contributed by atoms with E-state index in [1.54, 1.807) is 4.90 Å². The monoisotopic (exact) mass is 265 g/mol. The highest BCUT2D eigenvalue weighted by molar-refractivity contribution is 5.94. The molecular formula is C14H20FN3O. The molecule has 0 saturated carbocycles. The van der Waals surface area contributed by atoms with E-state index in [2.05, 4.69) is 17.2 Å². The minimum absolute atomic E-state index is 0.125. The first-order valence-corrected chi connectivity index (χ1v) is 6.72. The van der Waals surface area contributed by atoms with Gasteiger partial charge in [-0.05, 0) is 25.5 Å². The Labute approximate surface area is 113 Å². The van der Waals surface area contributed by atoms with Crippen LogP contribution in [0, 0.1) is 11.7 Å². The maximum atomic E-state index is 13.1. The van der Waals surface area contributed by atoms with Gasteiger partial charge in [0.15, 0.2) is 0 Å². The molecule has 0 aromatic carbocycles. The molecule has 0 radical (unpaired) electrons. The van der Waals surface area contributed by atoms with E-state index in [-0.39, 0.29) is 5.91 Å². The zero-order valence-corrected chi connectivity index (χ0v) is 11.4. The minimum atomic E-state index is -0.469. The van der Waals surface area contributed by atoms with Crippen molar-refractivity contribution in [2.75, 3.05) is 20.1 Å². The highest BCUT2D eigenvalue weighted by Crippen LogP contribution is 2.21. The van der Waals surface area contributed by atoms with Gasteiger partial charge in [0.2, 0.25) is 0 Å². The summed E-state index contributed by atoms with van der Waals surface area (Å²) in [5.41, 5.74) is 0.331. The van der Waals surface area contributed by atoms with Crippen LogP contribution in [-0.4, -0.2) is 42.0 Å². The van der Waals surface area contributed by atoms with Crippen molar-refractivity contribution < 1.29 is 9.18 Å². The summed E-state index contributed by atoms with van der Waals surface area (Å²) in [5.74, 6) is -0.146. The molecule has 19 heavy (non-hydrogen) atoms. The zero-order chi connectivity index (χ0) is 13.8. The Morgan fingerprint density at radius 3 is 3.00 bits per heavy atom. The van der Waals surface area contributed by atoms with Crippen molar-refractivity contribution in [3.63, 3.8) is 0 Å². The summed E-state index contributed by atoms with van der Waals surface area (Å²) in [5, 5.41) is 3.30. The van der Waals surface area contributed by atoms with Gasteiger partial charge in [0.1, 0.15) is 5.82 Å². The molecule has 0 aliphatic carbocycles. The fraction of sp³-hybridized carbons (Fsp3) is 0.571. The van der Waals surface area contributed by atoms with Crippen molar-refractivity contribution in [2.45, 2.75) is 25.8 Å². The van der Waals surface area contributed by atoms with Crippen molar-refractivity contribution in [3.8, 4) is 0 Å². The molecule has 104 valence electrons. The van der Waals surface area contributed by atoms with Gasteiger partial charge < -0.3 is 10.2 Å². The summed E-state index contributed by atoms with van der Waals surface area (Å²) in [7, 11) is 1.96. The maximum absolute atomic E-state index is 13.1. The van der Waals surface area contributed by atoms with Gasteiger partial charge in [-0.25, -0.2) is 4.39 Å². The van der Waals surface area contributed by atoms with Gasteiger partial charge in [0.05, 0.1) is 11.8 Å². The van der Waals surface area contributed by atoms with E-state index in [0.29, 0.717) is 24.1 Å². The van der Waals surface area contributed by atoms with Gasteiger partial charge in [-0.3, -0.25) is 9.78 Å². The van der Waals surface area contributed by atoms with Crippen LogP contribution in [0.5, 0.6) is 0 Å². The minimum Gasteiger partial charge on any atom is -0.338 e. The number of hydrogen-bond acceptors (Lipinski definition) is 3. The molecule has 2 atom stereocenters. The molecule has 1 aliphatic heterocycles. The number of piperidine rings is 1. The molecule has 1 aromatic heterocycles. The number of carbonyl (C=O) groups excluding carboxylic acids is 1. The predicted octanol–water partition coefficient (Wildman–Crippen LogP) is 1.68. The van der Waals surface area contributed by atoms with Gasteiger partial charge in [0.25, 0.3) is 5.91 Å². The third kappa shape index (κ3) is 3.10. The van der Waals surface area contributed by atoms with E-state index in [4.69, 9.17) is 0 Å². The first-order chi connectivity index (χ1) is 9.15. The topological polar surface area (TPSA) is 45.2 Å². The molecule has 0 bridgehead atoms. The number of rotatable bonds is 3. The average molecular weight is 265 g/mol. The lowest BCUT2D eigenvalue weighted by Gasteiger charge is -2.38. The summed E-state index contributed by atoms with van der Waals surface area (Å²) in [6.07, 6.45) is 4.50. The molecule has 0 spiro atoms. The number of aromatic nitrogens is 1. The number of halogens is 1. The SMILES string of the molecule is CCC1CN(C(=O)c2cncc(F)c2)CCC1NC. The Morgan fingerprint density at radius 2 is 2.37 bits per heavy atom. The molecule has 5 heteroatoms. The van der Waals surface area contributed by atoms with Crippen LogP contribution in [0.3, 0.4) is 0 Å². The normalized spacial score (nSPS) is 23.4. The molecular weight excluding hydrogens is 245 g/mol. The van der Waals surface area contributed by atoms with Crippen LogP contribution in [0.1, 0.15) is 30.1 Å². The summed E-state index contributed by atoms with van der Waals surface area (Å²) in [6.45, 7) is 3.56. The highest BCUT2D eigenvalue weighted by Gasteiger charge is 2.29. The lowest BCUT2D eigenvalue weighted by atomic mass is 9.90. The van der Waals surface area contributed by atoms with Gasteiger partial charge in [0, 0.05) is 25.3 Å². The third-order valence-electron chi connectivity index (χ3n) is 3.87. The first-order valence-electron chi connectivity index (χ1n) is 6.72. The number of nitrogens with zero attached hydrogens (tertiary/aromatic N) is 2. The third-order valence-corrected chi connectivity index (χ3v) is 3.87. The second-order valence-electron chi connectivity index (χ2n) is 5.00. The molecule has 2 rings (SSSR count). The largest absolute Gasteiger partial charge is 0.338 e. The molecule has 1 fully saturated rings. The Balaban J connectivity index is 2.08. The quantitative estimate of drug-likeness (QED) is 0.904. The Kier molecular flexibility index (Phi) is 4.47. The van der Waals surface area contributed by atoms with Crippen LogP contribution in [0.4, 0.5) is 4.39 Å². The second-order valence-corrected chi connectivity index (χ2v) is 5.00. The van der Waals surface area contributed by atoms with Crippen LogP contribution < -0.4 is 5.32 Å². The maximum Gasteiger partial charge on any atom is 0.255 e. The molecule has 2 heterocycles. The number of likely N-dealkylation sites (tertiary alicyclic amines) is 1. The molecule has 1 aromatic rings. The van der Waals surface area contributed by atoms with Crippen molar-refractivity contribution >= 4 is 5.91 Å². The standard InChI is InChI=1S/C14H20FN3O/c1-3-10-9-18(5-4-13(10)16-2)14(19)11-6-12(15)8-17-7-11/h6-8,10,13,16H,3-5,9H2,1-2H3. The first kappa shape index (κ1) is 13.9. The van der Waals surface area contributed by atoms with Crippen molar-refractivity contribution in [1.82, 2.24) is 15.2 Å². The number of nitrogens with one attached hydrogen (secondary N) is 1. The fourth-order valence-electron chi connectivity index (χ4n) is 2.72. The predicted molar refractivity (Wildman–Crippen MR) is 71.3 cm³/mol. The van der Waals surface area contributed by atoms with Gasteiger partial charge in [-0.1, -0.05) is 13.3 Å². The van der Waals surface area contributed by atoms with E-state index in [1.165, 1.54) is 12.3 Å². The number of amides is 1. The van der Waals surface area contributed by atoms with E-state index in [1.807, 2.05) is 7.05 Å². The van der Waals surface area contributed by atoms with Gasteiger partial charge in [-0.15, -0.1) is 0 Å². The fourth-order valence-corrected chi connectivity index (χ4v) is 2.72. The number of hydrogen-bond donors (Lipinski definition) is 1. The van der Waals surface area contributed by atoms with Crippen LogP contribution in [-0.2, 0) is 0 Å². The summed E-state index contributed by atoms with van der Waals surface area (Å²) >= 11 is 0. The zero-order valence-electron chi connectivity index (χ0n) is 11.4. The van der Waals surface area contributed by atoms with E-state index in [0.717, 1.165) is 25.6 Å². The van der Waals surface area contributed by atoms with Crippen LogP contribution in [0.2, 0.25) is 0 Å². The van der Waals surface area contributed by atoms with Crippen LogP contribution >= 0.6 is 0 Å². The Bertz CT molecular complexity index is 452. The second kappa shape index (κ2) is 6.10. The van der Waals surface area contributed by atoms with Crippen molar-refractivity contribution in [2.24, 2.45) is 5.92 Å². The molecule has 1 aliphatic rings. The number of pyridine rings is 1. The highest BCUT2D eigenvalue weighted by atomic mass is 19.1. The van der Waals surface area contributed by atoms with E-state index < -0.39 is 5.82 Å². The molecule has 1 saturated heterocycles. The molecule has 4 nitrogen and oxygen atoms in total. The summed E-state index contributed by atoms with van der Waals surface area (Å²) < 4.78 is 13.1. The average Bonchev–Trinajstić information content (AvgIpc) is 2.45. The van der Waals surface area contributed by atoms with Crippen molar-refractivity contribution in [3.05, 3.63) is 29.8 Å². The summed E-state index contributed by atoms with van der Waals surface area (Å²) in [6, 6.07) is 1.71. The van der Waals surface area contributed by atoms with Crippen molar-refractivity contribution in [1.29, 1.82) is 0 Å². The summed E-state index contributed by atoms with van der Waals surface area (Å²) in [4.78, 5) is 17.8. The van der Waals surface area contributed by atoms with Crippen LogP contribution in [0.25, 0.3) is 0 Å². The molecule has 1 N–H and O–H groups in total. The lowest BCUT2D eigenvalue weighted by Crippen LogP contribution is -2.50. The Morgan fingerprint density at radius 1 is 1.58 bits per heavy atom. The molecule has 1 amide bonds. The lowest BCUT2D eigenvalue weighted by molar-refractivity contribution is 0.0630. The van der Waals surface area contributed by atoms with E-state index >= 15 is 0 Å². The van der Waals surface area contributed by atoms with Crippen LogP contribution in [0.15, 0.2) is 18.5 Å². The number of carbonyl (C=O) groups is 1. The van der Waals surface area contributed by atoms with Gasteiger partial charge in [-0.2, -0.15) is 0 Å². The van der Waals surface area contributed by atoms with Gasteiger partial charge >= 0.3 is 0 Å². The Hall–Kier alpha value is -1.49.